The molecule has 1 N–H and O–H groups in total. The van der Waals surface area contributed by atoms with Gasteiger partial charge in [0.2, 0.25) is 5.90 Å². The van der Waals surface area contributed by atoms with E-state index in [1.54, 1.807) is 0 Å². The molecule has 0 amide bonds. The standard InChI is InChI=1S/C5H7NO2/c7-5-3-1-2-4-8-6-5/h1,3H,2,4H2,(H,6,7). The largest absolute Gasteiger partial charge is 0.491 e. The summed E-state index contributed by atoms with van der Waals surface area (Å²) in [7, 11) is 0. The molecule has 3 nitrogen and oxygen atoms in total. The number of hydrogen-bond acceptors (Lipinski definition) is 2. The summed E-state index contributed by atoms with van der Waals surface area (Å²) in [5.41, 5.74) is 0. The highest BCUT2D eigenvalue weighted by Gasteiger charge is 1.91. The van der Waals surface area contributed by atoms with E-state index < -0.39 is 0 Å². The normalized spacial score (nSPS) is 18.8. The molecule has 0 aromatic heterocycles. The summed E-state index contributed by atoms with van der Waals surface area (Å²) in [5, 5.41) is 11.9. The molecule has 0 bridgehead atoms. The molecule has 3 heteroatoms. The Kier molecular flexibility index (Phi) is 1.51. The van der Waals surface area contributed by atoms with Crippen molar-refractivity contribution in [3.63, 3.8) is 0 Å². The zero-order valence-electron chi connectivity index (χ0n) is 4.37. The van der Waals surface area contributed by atoms with Crippen LogP contribution in [0, 0.1) is 0 Å². The summed E-state index contributed by atoms with van der Waals surface area (Å²) < 4.78 is 0. The molecule has 0 unspecified atom stereocenters. The highest BCUT2D eigenvalue weighted by atomic mass is 16.6. The molecule has 0 fully saturated rings. The molecule has 0 aromatic rings. The molecule has 0 aromatic carbocycles. The third kappa shape index (κ3) is 1.26. The second kappa shape index (κ2) is 2.35. The van der Waals surface area contributed by atoms with Crippen molar-refractivity contribution < 1.29 is 9.94 Å². The van der Waals surface area contributed by atoms with Crippen LogP contribution in [0.2, 0.25) is 0 Å². The maximum absolute atomic E-state index is 8.63. The van der Waals surface area contributed by atoms with Crippen molar-refractivity contribution in [2.75, 3.05) is 6.61 Å². The lowest BCUT2D eigenvalue weighted by molar-refractivity contribution is 0.145. The Morgan fingerprint density at radius 3 is 3.50 bits per heavy atom. The molecule has 0 atom stereocenters. The Hall–Kier alpha value is -0.990. The van der Waals surface area contributed by atoms with Crippen molar-refractivity contribution in [2.24, 2.45) is 5.16 Å². The van der Waals surface area contributed by atoms with Crippen molar-refractivity contribution in [1.29, 1.82) is 0 Å². The Balaban J connectivity index is 2.55. The van der Waals surface area contributed by atoms with Gasteiger partial charge < -0.3 is 9.94 Å². The van der Waals surface area contributed by atoms with Gasteiger partial charge in [-0.15, -0.1) is 0 Å². The molecule has 1 heterocycles. The van der Waals surface area contributed by atoms with Gasteiger partial charge in [-0.25, -0.2) is 0 Å². The van der Waals surface area contributed by atoms with Crippen LogP contribution in [0.4, 0.5) is 0 Å². The molecule has 0 saturated heterocycles. The molecule has 0 spiro atoms. The quantitative estimate of drug-likeness (QED) is 0.505. The zero-order chi connectivity index (χ0) is 5.82. The molecule has 1 aliphatic heterocycles. The van der Waals surface area contributed by atoms with Crippen LogP contribution in [-0.2, 0) is 4.84 Å². The third-order valence-corrected chi connectivity index (χ3v) is 0.801. The molecule has 0 aliphatic carbocycles. The van der Waals surface area contributed by atoms with Crippen LogP contribution in [-0.4, -0.2) is 17.6 Å². The first-order valence-electron chi connectivity index (χ1n) is 2.45. The van der Waals surface area contributed by atoms with E-state index in [0.717, 1.165) is 6.42 Å². The molecule has 0 saturated carbocycles. The maximum Gasteiger partial charge on any atom is 0.247 e. The van der Waals surface area contributed by atoms with Gasteiger partial charge in [0.25, 0.3) is 0 Å². The molecule has 1 rings (SSSR count). The molecule has 8 heavy (non-hydrogen) atoms. The molecular formula is C5H7NO2. The summed E-state index contributed by atoms with van der Waals surface area (Å²) in [6, 6.07) is 0. The second-order valence-electron chi connectivity index (χ2n) is 1.47. The molecular weight excluding hydrogens is 106 g/mol. The van der Waals surface area contributed by atoms with Gasteiger partial charge in [0.15, 0.2) is 0 Å². The van der Waals surface area contributed by atoms with Crippen LogP contribution < -0.4 is 0 Å². The highest BCUT2D eigenvalue weighted by Crippen LogP contribution is 1.92. The first kappa shape index (κ1) is 5.15. The van der Waals surface area contributed by atoms with Gasteiger partial charge in [-0.1, -0.05) is 6.08 Å². The fourth-order valence-corrected chi connectivity index (χ4v) is 0.452. The van der Waals surface area contributed by atoms with Gasteiger partial charge in [0.1, 0.15) is 6.61 Å². The number of oxime groups is 1. The van der Waals surface area contributed by atoms with Crippen LogP contribution in [0.15, 0.2) is 17.3 Å². The van der Waals surface area contributed by atoms with E-state index in [9.17, 15) is 0 Å². The SMILES string of the molecule is OC1=NOCCC=C1. The predicted octanol–water partition coefficient (Wildman–Crippen LogP) is 0.834. The molecule has 0 radical (unpaired) electrons. The smallest absolute Gasteiger partial charge is 0.247 e. The van der Waals surface area contributed by atoms with E-state index in [4.69, 9.17) is 5.11 Å². The van der Waals surface area contributed by atoms with E-state index in [-0.39, 0.29) is 5.90 Å². The number of nitrogens with zero attached hydrogens (tertiary/aromatic N) is 1. The van der Waals surface area contributed by atoms with Crippen LogP contribution in [0.1, 0.15) is 6.42 Å². The van der Waals surface area contributed by atoms with Crippen molar-refractivity contribution in [1.82, 2.24) is 0 Å². The van der Waals surface area contributed by atoms with E-state index in [2.05, 4.69) is 9.99 Å². The van der Waals surface area contributed by atoms with E-state index in [0.29, 0.717) is 6.61 Å². The first-order valence-corrected chi connectivity index (χ1v) is 2.45. The lowest BCUT2D eigenvalue weighted by Gasteiger charge is -1.88. The Bertz CT molecular complexity index is 128. The van der Waals surface area contributed by atoms with Gasteiger partial charge in [0, 0.05) is 6.42 Å². The minimum Gasteiger partial charge on any atom is -0.491 e. The molecule has 1 aliphatic rings. The minimum atomic E-state index is -0.0532. The van der Waals surface area contributed by atoms with Gasteiger partial charge in [-0.3, -0.25) is 0 Å². The van der Waals surface area contributed by atoms with Gasteiger partial charge in [0.05, 0.1) is 0 Å². The van der Waals surface area contributed by atoms with Crippen molar-refractivity contribution >= 4 is 5.90 Å². The minimum absolute atomic E-state index is 0.0532. The second-order valence-corrected chi connectivity index (χ2v) is 1.47. The van der Waals surface area contributed by atoms with Crippen molar-refractivity contribution in [2.45, 2.75) is 6.42 Å². The highest BCUT2D eigenvalue weighted by molar-refractivity contribution is 5.85. The lowest BCUT2D eigenvalue weighted by Crippen LogP contribution is -1.88. The monoisotopic (exact) mass is 113 g/mol. The Morgan fingerprint density at radius 1 is 1.75 bits per heavy atom. The fourth-order valence-electron chi connectivity index (χ4n) is 0.452. The van der Waals surface area contributed by atoms with Crippen molar-refractivity contribution in [3.8, 4) is 0 Å². The summed E-state index contributed by atoms with van der Waals surface area (Å²) in [5.74, 6) is -0.0532. The van der Waals surface area contributed by atoms with Crippen LogP contribution in [0.3, 0.4) is 0 Å². The maximum atomic E-state index is 8.63. The van der Waals surface area contributed by atoms with Crippen LogP contribution in [0.5, 0.6) is 0 Å². The summed E-state index contributed by atoms with van der Waals surface area (Å²) >= 11 is 0. The number of aliphatic hydroxyl groups is 1. The lowest BCUT2D eigenvalue weighted by atomic mass is 10.4. The van der Waals surface area contributed by atoms with E-state index in [1.165, 1.54) is 6.08 Å². The van der Waals surface area contributed by atoms with E-state index in [1.807, 2.05) is 6.08 Å². The number of rotatable bonds is 0. The summed E-state index contributed by atoms with van der Waals surface area (Å²) in [4.78, 5) is 4.58. The van der Waals surface area contributed by atoms with Crippen molar-refractivity contribution in [3.05, 3.63) is 12.2 Å². The molecule has 44 valence electrons. The summed E-state index contributed by atoms with van der Waals surface area (Å²) in [6.45, 7) is 0.556. The predicted molar refractivity (Wildman–Crippen MR) is 29.8 cm³/mol. The van der Waals surface area contributed by atoms with E-state index >= 15 is 0 Å². The average molecular weight is 113 g/mol. The Morgan fingerprint density at radius 2 is 2.62 bits per heavy atom. The average Bonchev–Trinajstić information content (AvgIpc) is 1.94. The fraction of sp³-hybridized carbons (Fsp3) is 0.400. The number of aliphatic hydroxyl groups excluding tert-OH is 1. The Labute approximate surface area is 47.3 Å². The third-order valence-electron chi connectivity index (χ3n) is 0.801. The number of hydrogen-bond donors (Lipinski definition) is 1. The summed E-state index contributed by atoms with van der Waals surface area (Å²) in [6.07, 6.45) is 4.15. The van der Waals surface area contributed by atoms with Crippen LogP contribution in [0.25, 0.3) is 0 Å². The first-order chi connectivity index (χ1) is 3.89. The topological polar surface area (TPSA) is 41.8 Å². The zero-order valence-corrected chi connectivity index (χ0v) is 4.37. The van der Waals surface area contributed by atoms with Gasteiger partial charge in [-0.05, 0) is 11.2 Å². The van der Waals surface area contributed by atoms with Gasteiger partial charge in [-0.2, -0.15) is 0 Å². The van der Waals surface area contributed by atoms with Gasteiger partial charge >= 0.3 is 0 Å². The van der Waals surface area contributed by atoms with Crippen LogP contribution >= 0.6 is 0 Å².